The van der Waals surface area contributed by atoms with Crippen LogP contribution in [0.4, 0.5) is 10.5 Å². The van der Waals surface area contributed by atoms with Gasteiger partial charge in [-0.25, -0.2) is 4.79 Å². The maximum absolute atomic E-state index is 12.7. The fourth-order valence-electron chi connectivity index (χ4n) is 3.39. The number of urea groups is 1. The van der Waals surface area contributed by atoms with Gasteiger partial charge < -0.3 is 15.0 Å². The lowest BCUT2D eigenvalue weighted by atomic mass is 9.91. The minimum Gasteiger partial charge on any atom is -0.382 e. The van der Waals surface area contributed by atoms with Gasteiger partial charge in [-0.3, -0.25) is 4.21 Å². The van der Waals surface area contributed by atoms with Crippen LogP contribution in [0.2, 0.25) is 0 Å². The second-order valence-corrected chi connectivity index (χ2v) is 7.45. The molecule has 1 aromatic rings. The highest BCUT2D eigenvalue weighted by Gasteiger charge is 2.42. The Morgan fingerprint density at radius 3 is 2.65 bits per heavy atom. The van der Waals surface area contributed by atoms with Crippen LogP contribution in [-0.2, 0) is 15.5 Å². The normalized spacial score (nSPS) is 22.1. The summed E-state index contributed by atoms with van der Waals surface area (Å²) in [7, 11) is 0.680. The number of benzene rings is 1. The molecule has 1 fully saturated rings. The Labute approximate surface area is 140 Å². The summed E-state index contributed by atoms with van der Waals surface area (Å²) in [6.07, 6.45) is 5.59. The van der Waals surface area contributed by atoms with Gasteiger partial charge >= 0.3 is 6.03 Å². The Balaban J connectivity index is 2.10. The maximum Gasteiger partial charge on any atom is 0.322 e. The molecule has 1 aromatic carbocycles. The van der Waals surface area contributed by atoms with Crippen LogP contribution in [0.5, 0.6) is 0 Å². The van der Waals surface area contributed by atoms with Crippen molar-refractivity contribution in [3.05, 3.63) is 24.3 Å². The van der Waals surface area contributed by atoms with Crippen molar-refractivity contribution in [1.82, 2.24) is 4.90 Å². The average Bonchev–Trinajstić information content (AvgIpc) is 2.92. The minimum atomic E-state index is -1.01. The molecule has 1 N–H and O–H groups in total. The van der Waals surface area contributed by atoms with E-state index < -0.39 is 10.8 Å². The van der Waals surface area contributed by atoms with Crippen LogP contribution in [0.25, 0.3) is 0 Å². The molecule has 2 amide bonds. The molecule has 1 aliphatic heterocycles. The molecular weight excluding hydrogens is 312 g/mol. The van der Waals surface area contributed by atoms with E-state index in [-0.39, 0.29) is 11.6 Å². The van der Waals surface area contributed by atoms with Crippen LogP contribution in [0.15, 0.2) is 29.2 Å². The van der Waals surface area contributed by atoms with E-state index in [4.69, 9.17) is 4.74 Å². The highest BCUT2D eigenvalue weighted by molar-refractivity contribution is 7.84. The lowest BCUT2D eigenvalue weighted by molar-refractivity contribution is 0.0540. The number of ether oxygens (including phenoxy) is 1. The first-order valence-corrected chi connectivity index (χ1v) is 9.59. The first-order chi connectivity index (χ1) is 11.0. The second kappa shape index (κ2) is 7.93. The van der Waals surface area contributed by atoms with E-state index in [0.29, 0.717) is 6.61 Å². The molecule has 2 atom stereocenters. The van der Waals surface area contributed by atoms with Crippen molar-refractivity contribution >= 4 is 22.5 Å². The van der Waals surface area contributed by atoms with Crippen LogP contribution in [0.3, 0.4) is 0 Å². The van der Waals surface area contributed by atoms with Crippen molar-refractivity contribution < 1.29 is 13.7 Å². The van der Waals surface area contributed by atoms with E-state index in [1.54, 1.807) is 37.6 Å². The first kappa shape index (κ1) is 17.9. The zero-order valence-electron chi connectivity index (χ0n) is 14.1. The number of anilines is 1. The van der Waals surface area contributed by atoms with Gasteiger partial charge in [-0.05, 0) is 43.5 Å². The Morgan fingerprint density at radius 1 is 1.39 bits per heavy atom. The van der Waals surface area contributed by atoms with Crippen molar-refractivity contribution in [2.45, 2.75) is 43.0 Å². The number of carbonyl (C=O) groups is 1. The first-order valence-electron chi connectivity index (χ1n) is 8.03. The van der Waals surface area contributed by atoms with Crippen molar-refractivity contribution in [3.63, 3.8) is 0 Å². The lowest BCUT2D eigenvalue weighted by Gasteiger charge is -2.38. The van der Waals surface area contributed by atoms with Crippen LogP contribution in [-0.4, -0.2) is 47.2 Å². The molecule has 128 valence electrons. The highest BCUT2D eigenvalue weighted by Crippen LogP contribution is 2.34. The van der Waals surface area contributed by atoms with Gasteiger partial charge in [0.15, 0.2) is 0 Å². The lowest BCUT2D eigenvalue weighted by Crippen LogP contribution is -2.51. The van der Waals surface area contributed by atoms with Crippen molar-refractivity contribution in [1.29, 1.82) is 0 Å². The quantitative estimate of drug-likeness (QED) is 0.866. The number of nitrogens with zero attached hydrogens (tertiary/aromatic N) is 1. The Hall–Kier alpha value is -1.40. The summed E-state index contributed by atoms with van der Waals surface area (Å²) < 4.78 is 16.8. The van der Waals surface area contributed by atoms with E-state index in [1.807, 2.05) is 4.90 Å². The van der Waals surface area contributed by atoms with Gasteiger partial charge in [-0.15, -0.1) is 0 Å². The molecule has 2 rings (SSSR count). The molecule has 0 bridgehead atoms. The van der Waals surface area contributed by atoms with Gasteiger partial charge in [0.25, 0.3) is 0 Å². The topological polar surface area (TPSA) is 58.6 Å². The summed E-state index contributed by atoms with van der Waals surface area (Å²) >= 11 is 0. The van der Waals surface area contributed by atoms with Gasteiger partial charge in [0.05, 0.1) is 12.1 Å². The summed E-state index contributed by atoms with van der Waals surface area (Å²) in [6, 6.07) is 7.07. The molecule has 0 spiro atoms. The Bertz CT molecular complexity index is 553. The van der Waals surface area contributed by atoms with E-state index in [2.05, 4.69) is 12.2 Å². The number of nitrogens with one attached hydrogen (secondary N) is 1. The molecule has 1 aliphatic rings. The zero-order valence-corrected chi connectivity index (χ0v) is 14.9. The Kier molecular flexibility index (Phi) is 6.18. The average molecular weight is 338 g/mol. The third-order valence-electron chi connectivity index (χ3n) is 4.41. The second-order valence-electron chi connectivity index (χ2n) is 6.07. The van der Waals surface area contributed by atoms with Gasteiger partial charge in [0.2, 0.25) is 0 Å². The fourth-order valence-corrected chi connectivity index (χ4v) is 3.91. The summed E-state index contributed by atoms with van der Waals surface area (Å²) in [5.74, 6) is 0. The van der Waals surface area contributed by atoms with E-state index >= 15 is 0 Å². The minimum absolute atomic E-state index is 0.0848. The molecule has 23 heavy (non-hydrogen) atoms. The van der Waals surface area contributed by atoms with Gasteiger partial charge in [-0.1, -0.05) is 13.3 Å². The van der Waals surface area contributed by atoms with E-state index in [0.717, 1.165) is 42.8 Å². The largest absolute Gasteiger partial charge is 0.382 e. The van der Waals surface area contributed by atoms with Crippen molar-refractivity contribution in [2.24, 2.45) is 0 Å². The molecule has 0 saturated carbocycles. The van der Waals surface area contributed by atoms with E-state index in [9.17, 15) is 9.00 Å². The van der Waals surface area contributed by atoms with Gasteiger partial charge in [0.1, 0.15) is 0 Å². The molecule has 0 unspecified atom stereocenters. The van der Waals surface area contributed by atoms with Crippen LogP contribution < -0.4 is 5.32 Å². The summed E-state index contributed by atoms with van der Waals surface area (Å²) in [4.78, 5) is 15.4. The third kappa shape index (κ3) is 4.12. The summed E-state index contributed by atoms with van der Waals surface area (Å²) in [5.41, 5.74) is 0.525. The van der Waals surface area contributed by atoms with Crippen molar-refractivity contribution in [2.75, 3.05) is 31.8 Å². The molecular formula is C17H26N2O3S. The highest BCUT2D eigenvalue weighted by atomic mass is 32.2. The van der Waals surface area contributed by atoms with Crippen LogP contribution in [0, 0.1) is 0 Å². The number of hydrogen-bond acceptors (Lipinski definition) is 3. The summed E-state index contributed by atoms with van der Waals surface area (Å²) in [5, 5.41) is 2.95. The van der Waals surface area contributed by atoms with Crippen LogP contribution >= 0.6 is 0 Å². The Morgan fingerprint density at radius 2 is 2.09 bits per heavy atom. The standard InChI is InChI=1S/C17H26N2O3S/c1-4-10-17(13-22-2)11-5-12-19(17)16(20)18-14-6-8-15(9-7-14)23(3)21/h6-9H,4-5,10-13H2,1-3H3,(H,18,20)/t17-,23-/m0/s1. The molecule has 6 heteroatoms. The number of carbonyl (C=O) groups excluding carboxylic acids is 1. The zero-order chi connectivity index (χ0) is 16.9. The number of methoxy groups -OCH3 is 1. The monoisotopic (exact) mass is 338 g/mol. The molecule has 0 radical (unpaired) electrons. The number of hydrogen-bond donors (Lipinski definition) is 1. The molecule has 5 nitrogen and oxygen atoms in total. The maximum atomic E-state index is 12.7. The fraction of sp³-hybridized carbons (Fsp3) is 0.588. The molecule has 0 aromatic heterocycles. The SMILES string of the molecule is CCC[C@@]1(COC)CCCN1C(=O)Nc1ccc([S@](C)=O)cc1. The van der Waals surface area contributed by atoms with E-state index in [1.165, 1.54) is 0 Å². The number of rotatable bonds is 6. The molecule has 1 saturated heterocycles. The summed E-state index contributed by atoms with van der Waals surface area (Å²) in [6.45, 7) is 3.46. The number of amides is 2. The molecule has 0 aliphatic carbocycles. The van der Waals surface area contributed by atoms with Gasteiger partial charge in [-0.2, -0.15) is 0 Å². The van der Waals surface area contributed by atoms with Crippen molar-refractivity contribution in [3.8, 4) is 0 Å². The number of likely N-dealkylation sites (tertiary alicyclic amines) is 1. The van der Waals surface area contributed by atoms with Gasteiger partial charge in [0, 0.05) is 41.3 Å². The molecule has 1 heterocycles. The predicted molar refractivity (Wildman–Crippen MR) is 93.2 cm³/mol. The van der Waals surface area contributed by atoms with Crippen LogP contribution in [0.1, 0.15) is 32.6 Å². The third-order valence-corrected chi connectivity index (χ3v) is 5.34. The smallest absolute Gasteiger partial charge is 0.322 e. The predicted octanol–water partition coefficient (Wildman–Crippen LogP) is 3.24.